The zero-order chi connectivity index (χ0) is 23.8. The van der Waals surface area contributed by atoms with Crippen LogP contribution in [-0.4, -0.2) is 75.1 Å². The van der Waals surface area contributed by atoms with Crippen LogP contribution in [0.3, 0.4) is 0 Å². The smallest absolute Gasteiger partial charge is 0.460 e. The molecule has 0 bridgehead atoms. The second kappa shape index (κ2) is 16.2. The van der Waals surface area contributed by atoms with Gasteiger partial charge in [0.2, 0.25) is 0 Å². The first-order valence-corrected chi connectivity index (χ1v) is 10.3. The van der Waals surface area contributed by atoms with Gasteiger partial charge in [-0.2, -0.15) is 0 Å². The fraction of sp³-hybridized carbons (Fsp3) is 0.800. The molecule has 0 amide bonds. The fourth-order valence-electron chi connectivity index (χ4n) is 1.68. The molecule has 0 heterocycles. The normalized spacial score (nSPS) is 14.4. The van der Waals surface area contributed by atoms with Crippen LogP contribution in [0, 0.1) is 0 Å². The minimum absolute atomic E-state index is 0.0108. The van der Waals surface area contributed by atoms with E-state index in [4.69, 9.17) is 33.2 Å². The molecule has 11 nitrogen and oxygen atoms in total. The van der Waals surface area contributed by atoms with Gasteiger partial charge < -0.3 is 33.2 Å². The highest BCUT2D eigenvalue weighted by molar-refractivity contribution is 5.77. The van der Waals surface area contributed by atoms with Crippen LogP contribution < -0.4 is 0 Å². The molecule has 0 radical (unpaired) electrons. The van der Waals surface area contributed by atoms with Crippen molar-refractivity contribution >= 4 is 24.2 Å². The van der Waals surface area contributed by atoms with Gasteiger partial charge in [0.05, 0.1) is 25.4 Å². The van der Waals surface area contributed by atoms with E-state index in [1.165, 1.54) is 13.8 Å². The number of hydrogen-bond acceptors (Lipinski definition) is 11. The summed E-state index contributed by atoms with van der Waals surface area (Å²) in [6.45, 7) is 9.69. The summed E-state index contributed by atoms with van der Waals surface area (Å²) in [6, 6.07) is 0. The Hall–Kier alpha value is -2.56. The maximum Gasteiger partial charge on any atom is 0.509 e. The van der Waals surface area contributed by atoms with Crippen LogP contribution in [0.15, 0.2) is 0 Å². The first-order chi connectivity index (χ1) is 14.6. The summed E-state index contributed by atoms with van der Waals surface area (Å²) in [5, 5.41) is 0. The molecule has 0 fully saturated rings. The van der Waals surface area contributed by atoms with Gasteiger partial charge in [0.1, 0.15) is 13.2 Å². The molecule has 0 aromatic rings. The number of hydrogen-bond donors (Lipinski definition) is 0. The summed E-state index contributed by atoms with van der Waals surface area (Å²) in [6.07, 6.45) is -3.51. The fourth-order valence-corrected chi connectivity index (χ4v) is 1.68. The van der Waals surface area contributed by atoms with Crippen molar-refractivity contribution in [3.8, 4) is 0 Å². The average Bonchev–Trinajstić information content (AvgIpc) is 2.72. The molecule has 0 rings (SSSR count). The topological polar surface area (TPSA) is 133 Å². The van der Waals surface area contributed by atoms with E-state index in [2.05, 4.69) is 0 Å². The Morgan fingerprint density at radius 1 is 0.581 bits per heavy atom. The Bertz CT molecular complexity index is 515. The lowest BCUT2D eigenvalue weighted by atomic mass is 10.3. The summed E-state index contributed by atoms with van der Waals surface area (Å²) in [4.78, 5) is 46.3. The number of carbonyl (C=O) groups excluding carboxylic acids is 4. The Balaban J connectivity index is 3.82. The van der Waals surface area contributed by atoms with Crippen molar-refractivity contribution < 1.29 is 52.3 Å². The Morgan fingerprint density at radius 2 is 0.935 bits per heavy atom. The molecule has 0 aromatic heterocycles. The number of ether oxygens (including phenoxy) is 7. The van der Waals surface area contributed by atoms with E-state index in [1.807, 2.05) is 13.8 Å². The maximum absolute atomic E-state index is 11.7. The summed E-state index contributed by atoms with van der Waals surface area (Å²) in [7, 11) is 0. The van der Waals surface area contributed by atoms with Gasteiger partial charge in [0.25, 0.3) is 0 Å². The zero-order valence-electron chi connectivity index (χ0n) is 19.0. The van der Waals surface area contributed by atoms with E-state index in [-0.39, 0.29) is 38.6 Å². The van der Waals surface area contributed by atoms with Crippen LogP contribution in [0.4, 0.5) is 9.59 Å². The van der Waals surface area contributed by atoms with E-state index in [1.54, 1.807) is 13.8 Å². The van der Waals surface area contributed by atoms with Gasteiger partial charge in [-0.25, -0.2) is 19.2 Å². The summed E-state index contributed by atoms with van der Waals surface area (Å²) in [5.41, 5.74) is 0. The van der Waals surface area contributed by atoms with E-state index >= 15 is 0 Å². The molecule has 0 aliphatic rings. The van der Waals surface area contributed by atoms with E-state index < -0.39 is 36.5 Å². The third-order valence-corrected chi connectivity index (χ3v) is 3.89. The molecule has 4 atom stereocenters. The van der Waals surface area contributed by atoms with Crippen LogP contribution in [0.2, 0.25) is 0 Å². The van der Waals surface area contributed by atoms with Crippen molar-refractivity contribution in [3.05, 3.63) is 0 Å². The third-order valence-electron chi connectivity index (χ3n) is 3.89. The van der Waals surface area contributed by atoms with Crippen LogP contribution >= 0.6 is 0 Å². The molecule has 0 aromatic carbocycles. The lowest BCUT2D eigenvalue weighted by Crippen LogP contribution is -2.29. The van der Waals surface area contributed by atoms with Crippen molar-refractivity contribution in [2.45, 2.75) is 78.8 Å². The summed E-state index contributed by atoms with van der Waals surface area (Å²) >= 11 is 0. The van der Waals surface area contributed by atoms with Crippen molar-refractivity contribution in [1.82, 2.24) is 0 Å². The van der Waals surface area contributed by atoms with Crippen LogP contribution in [0.25, 0.3) is 0 Å². The lowest BCUT2D eigenvalue weighted by molar-refractivity contribution is -0.159. The molecule has 180 valence electrons. The number of esters is 2. The number of rotatable bonds is 14. The van der Waals surface area contributed by atoms with Gasteiger partial charge in [-0.3, -0.25) is 0 Å². The second-order valence-corrected chi connectivity index (χ2v) is 6.64. The highest BCUT2D eigenvalue weighted by Gasteiger charge is 2.22. The van der Waals surface area contributed by atoms with Crippen molar-refractivity contribution in [2.75, 3.05) is 26.4 Å². The lowest BCUT2D eigenvalue weighted by Gasteiger charge is -2.16. The van der Waals surface area contributed by atoms with Gasteiger partial charge >= 0.3 is 24.2 Å². The zero-order valence-corrected chi connectivity index (χ0v) is 19.0. The Labute approximate surface area is 182 Å². The van der Waals surface area contributed by atoms with Crippen LogP contribution in [0.5, 0.6) is 0 Å². The molecule has 11 heteroatoms. The SMILES string of the molecule is CC[C@@H](C)OC(=O)[C@@H](C)OC(=O)OCCOCCOC(=O)O[C@@H](C)C(=O)O[C@@H](C)CC. The highest BCUT2D eigenvalue weighted by Crippen LogP contribution is 2.04. The van der Waals surface area contributed by atoms with Crippen LogP contribution in [-0.2, 0) is 42.7 Å². The number of carbonyl (C=O) groups is 4. The average molecular weight is 450 g/mol. The standard InChI is InChI=1S/C20H34O11/c1-7-13(3)28-17(21)15(5)30-19(23)26-11-9-25-10-12-27-20(24)31-16(6)18(22)29-14(4)8-2/h13-16H,7-12H2,1-6H3/t13-,14+,15-,16+. The second-order valence-electron chi connectivity index (χ2n) is 6.64. The molecule has 0 unspecified atom stereocenters. The van der Waals surface area contributed by atoms with E-state index in [0.717, 1.165) is 0 Å². The van der Waals surface area contributed by atoms with Gasteiger partial charge in [0.15, 0.2) is 12.2 Å². The molecule has 0 aliphatic carbocycles. The van der Waals surface area contributed by atoms with Gasteiger partial charge in [0, 0.05) is 0 Å². The molecule has 0 N–H and O–H groups in total. The van der Waals surface area contributed by atoms with Crippen LogP contribution in [0.1, 0.15) is 54.4 Å². The van der Waals surface area contributed by atoms with E-state index in [0.29, 0.717) is 12.8 Å². The Morgan fingerprint density at radius 3 is 1.26 bits per heavy atom. The van der Waals surface area contributed by atoms with Crippen molar-refractivity contribution in [3.63, 3.8) is 0 Å². The quantitative estimate of drug-likeness (QED) is 0.220. The summed E-state index contributed by atoms with van der Waals surface area (Å²) < 4.78 is 34.3. The maximum atomic E-state index is 11.7. The molecule has 0 saturated heterocycles. The third kappa shape index (κ3) is 14.1. The predicted molar refractivity (Wildman–Crippen MR) is 106 cm³/mol. The minimum Gasteiger partial charge on any atom is -0.460 e. The molecule has 0 spiro atoms. The van der Waals surface area contributed by atoms with Crippen molar-refractivity contribution in [1.29, 1.82) is 0 Å². The van der Waals surface area contributed by atoms with Gasteiger partial charge in [-0.15, -0.1) is 0 Å². The summed E-state index contributed by atoms with van der Waals surface area (Å²) in [5.74, 6) is -1.32. The Kier molecular flexibility index (Phi) is 14.8. The highest BCUT2D eigenvalue weighted by atomic mass is 16.7. The molecular weight excluding hydrogens is 416 g/mol. The predicted octanol–water partition coefficient (Wildman–Crippen LogP) is 2.77. The van der Waals surface area contributed by atoms with Gasteiger partial charge in [-0.1, -0.05) is 13.8 Å². The van der Waals surface area contributed by atoms with E-state index in [9.17, 15) is 19.2 Å². The molecular formula is C20H34O11. The first-order valence-electron chi connectivity index (χ1n) is 10.3. The largest absolute Gasteiger partial charge is 0.509 e. The van der Waals surface area contributed by atoms with Gasteiger partial charge in [-0.05, 0) is 40.5 Å². The monoisotopic (exact) mass is 450 g/mol. The molecule has 0 aliphatic heterocycles. The minimum atomic E-state index is -1.09. The molecule has 0 saturated carbocycles. The first kappa shape index (κ1) is 28.4. The molecule has 31 heavy (non-hydrogen) atoms. The van der Waals surface area contributed by atoms with Crippen molar-refractivity contribution in [2.24, 2.45) is 0 Å².